The van der Waals surface area contributed by atoms with Gasteiger partial charge in [-0.05, 0) is 23.3 Å². The molecular weight excluding hydrogens is 438 g/mol. The molecule has 0 radical (unpaired) electrons. The molecule has 1 amide bonds. The van der Waals surface area contributed by atoms with Crippen LogP contribution in [0.2, 0.25) is 0 Å². The first kappa shape index (κ1) is 22.1. The fourth-order valence-electron chi connectivity index (χ4n) is 5.69. The number of carbonyl (C=O) groups excluding carboxylic acids is 1. The summed E-state index contributed by atoms with van der Waals surface area (Å²) in [5.74, 6) is -1.93. The highest BCUT2D eigenvalue weighted by molar-refractivity contribution is 5.81. The van der Waals surface area contributed by atoms with Gasteiger partial charge in [-0.2, -0.15) is 0 Å². The van der Waals surface area contributed by atoms with E-state index in [1.54, 1.807) is 48.5 Å². The van der Waals surface area contributed by atoms with Gasteiger partial charge in [-0.15, -0.1) is 0 Å². The zero-order chi connectivity index (χ0) is 24.3. The number of methoxy groups -OCH3 is 2. The number of amides is 1. The minimum Gasteiger partial charge on any atom is -0.508 e. The van der Waals surface area contributed by atoms with Gasteiger partial charge in [0, 0.05) is 18.1 Å². The molecule has 0 bridgehead atoms. The summed E-state index contributed by atoms with van der Waals surface area (Å²) < 4.78 is 17.5. The highest BCUT2D eigenvalue weighted by Gasteiger charge is 2.77. The normalized spacial score (nSPS) is 29.1. The zero-order valence-corrected chi connectivity index (χ0v) is 18.6. The Hall–Kier alpha value is -3.75. The van der Waals surface area contributed by atoms with Gasteiger partial charge < -0.3 is 35.3 Å². The van der Waals surface area contributed by atoms with Crippen LogP contribution in [0.25, 0.3) is 0 Å². The molecule has 5 rings (SSSR count). The Morgan fingerprint density at radius 1 is 1.03 bits per heavy atom. The standard InChI is InChI=1S/C26H25NO7/c1-32-17-12-18(33-2)22-19(13-17)34-26(15-8-10-16(28)11-9-15)21(14-6-4-3-5-7-14)20(24(27)30)23(29)25(22,26)31/h3-13,20-21,23,28-29,31H,1-2H3,(H2,27,30)/t20-,21-,23?,25-,26-/m1/s1. The zero-order valence-electron chi connectivity index (χ0n) is 18.6. The lowest BCUT2D eigenvalue weighted by atomic mass is 9.70. The summed E-state index contributed by atoms with van der Waals surface area (Å²) in [6, 6.07) is 18.3. The summed E-state index contributed by atoms with van der Waals surface area (Å²) in [5, 5.41) is 34.1. The van der Waals surface area contributed by atoms with E-state index in [1.807, 2.05) is 6.07 Å². The molecule has 3 aromatic carbocycles. The van der Waals surface area contributed by atoms with Crippen molar-refractivity contribution >= 4 is 5.91 Å². The van der Waals surface area contributed by atoms with Crippen LogP contribution in [-0.4, -0.2) is 41.6 Å². The Labute approximate surface area is 196 Å². The van der Waals surface area contributed by atoms with Crippen molar-refractivity contribution in [1.29, 1.82) is 0 Å². The molecule has 5 atom stereocenters. The lowest BCUT2D eigenvalue weighted by molar-refractivity contribution is -0.154. The maximum atomic E-state index is 12.8. The Balaban J connectivity index is 1.89. The number of aliphatic hydroxyl groups is 2. The molecule has 1 aliphatic carbocycles. The van der Waals surface area contributed by atoms with Crippen molar-refractivity contribution in [3.05, 3.63) is 83.4 Å². The summed E-state index contributed by atoms with van der Waals surface area (Å²) in [4.78, 5) is 12.8. The molecule has 1 heterocycles. The molecule has 176 valence electrons. The number of ether oxygens (including phenoxy) is 3. The summed E-state index contributed by atoms with van der Waals surface area (Å²) in [6.07, 6.45) is -1.63. The predicted octanol–water partition coefficient (Wildman–Crippen LogP) is 2.14. The SMILES string of the molecule is COc1cc(OC)c2c(c1)O[C@]1(c3ccc(O)cc3)[C@H](c3ccccc3)[C@@H](C(N)=O)C(O)[C@]21O. The number of benzene rings is 3. The van der Waals surface area contributed by atoms with E-state index in [4.69, 9.17) is 19.9 Å². The third-order valence-electron chi connectivity index (χ3n) is 7.06. The summed E-state index contributed by atoms with van der Waals surface area (Å²) in [6.45, 7) is 0. The molecule has 1 unspecified atom stereocenters. The van der Waals surface area contributed by atoms with Crippen LogP contribution in [0.3, 0.4) is 0 Å². The van der Waals surface area contributed by atoms with Crippen LogP contribution in [0, 0.1) is 5.92 Å². The fourth-order valence-corrected chi connectivity index (χ4v) is 5.69. The molecule has 5 N–H and O–H groups in total. The number of hydrogen-bond donors (Lipinski definition) is 4. The first-order valence-electron chi connectivity index (χ1n) is 10.8. The van der Waals surface area contributed by atoms with Gasteiger partial charge in [-0.25, -0.2) is 0 Å². The second-order valence-electron chi connectivity index (χ2n) is 8.62. The smallest absolute Gasteiger partial charge is 0.224 e. The summed E-state index contributed by atoms with van der Waals surface area (Å²) in [5.41, 5.74) is 3.30. The van der Waals surface area contributed by atoms with E-state index in [1.165, 1.54) is 26.4 Å². The maximum Gasteiger partial charge on any atom is 0.224 e. The first-order valence-corrected chi connectivity index (χ1v) is 10.8. The Bertz CT molecular complexity index is 1250. The Morgan fingerprint density at radius 3 is 2.29 bits per heavy atom. The highest BCUT2D eigenvalue weighted by atomic mass is 16.5. The van der Waals surface area contributed by atoms with E-state index in [9.17, 15) is 20.1 Å². The molecular formula is C26H25NO7. The van der Waals surface area contributed by atoms with Gasteiger partial charge in [0.25, 0.3) is 0 Å². The highest BCUT2D eigenvalue weighted by Crippen LogP contribution is 2.70. The minimum absolute atomic E-state index is 0.0136. The lowest BCUT2D eigenvalue weighted by Gasteiger charge is -2.40. The maximum absolute atomic E-state index is 12.8. The molecule has 0 saturated heterocycles. The molecule has 3 aromatic rings. The number of rotatable bonds is 5. The van der Waals surface area contributed by atoms with E-state index < -0.39 is 35.0 Å². The van der Waals surface area contributed by atoms with Crippen LogP contribution in [0.4, 0.5) is 0 Å². The molecule has 0 spiro atoms. The second-order valence-corrected chi connectivity index (χ2v) is 8.62. The number of aliphatic hydroxyl groups excluding tert-OH is 1. The van der Waals surface area contributed by atoms with Crippen LogP contribution in [0.5, 0.6) is 23.0 Å². The van der Waals surface area contributed by atoms with Crippen molar-refractivity contribution in [3.63, 3.8) is 0 Å². The summed E-state index contributed by atoms with van der Waals surface area (Å²) >= 11 is 0. The van der Waals surface area contributed by atoms with Crippen LogP contribution >= 0.6 is 0 Å². The molecule has 1 saturated carbocycles. The van der Waals surface area contributed by atoms with E-state index in [0.29, 0.717) is 16.9 Å². The summed E-state index contributed by atoms with van der Waals surface area (Å²) in [7, 11) is 2.92. The monoisotopic (exact) mass is 463 g/mol. The van der Waals surface area contributed by atoms with Crippen molar-refractivity contribution in [1.82, 2.24) is 0 Å². The fraction of sp³-hybridized carbons (Fsp3) is 0.269. The van der Waals surface area contributed by atoms with E-state index in [-0.39, 0.29) is 22.8 Å². The molecule has 0 aromatic heterocycles. The number of hydrogen-bond acceptors (Lipinski definition) is 7. The number of phenolic OH excluding ortho intramolecular Hbond substituents is 1. The molecule has 2 aliphatic rings. The van der Waals surface area contributed by atoms with Gasteiger partial charge in [0.15, 0.2) is 11.2 Å². The van der Waals surface area contributed by atoms with E-state index in [0.717, 1.165) is 0 Å². The van der Waals surface area contributed by atoms with Gasteiger partial charge in [-0.1, -0.05) is 42.5 Å². The largest absolute Gasteiger partial charge is 0.508 e. The van der Waals surface area contributed by atoms with Crippen LogP contribution in [0.1, 0.15) is 22.6 Å². The van der Waals surface area contributed by atoms with Crippen molar-refractivity contribution in [2.75, 3.05) is 14.2 Å². The number of phenols is 1. The van der Waals surface area contributed by atoms with Gasteiger partial charge in [-0.3, -0.25) is 4.79 Å². The van der Waals surface area contributed by atoms with Gasteiger partial charge in [0.05, 0.1) is 25.7 Å². The third kappa shape index (κ3) is 2.69. The predicted molar refractivity (Wildman–Crippen MR) is 122 cm³/mol. The quantitative estimate of drug-likeness (QED) is 0.456. The number of fused-ring (bicyclic) bond motifs is 3. The van der Waals surface area contributed by atoms with Gasteiger partial charge in [0.2, 0.25) is 5.91 Å². The second kappa shape index (κ2) is 7.65. The molecule has 1 aliphatic heterocycles. The number of carbonyl (C=O) groups is 1. The molecule has 1 fully saturated rings. The Kier molecular flexibility index (Phi) is 4.96. The Morgan fingerprint density at radius 2 is 1.71 bits per heavy atom. The molecule has 8 nitrogen and oxygen atoms in total. The van der Waals surface area contributed by atoms with Crippen LogP contribution in [0.15, 0.2) is 66.7 Å². The lowest BCUT2D eigenvalue weighted by Crippen LogP contribution is -2.52. The number of primary amides is 1. The topological polar surface area (TPSA) is 131 Å². The van der Waals surface area contributed by atoms with Gasteiger partial charge in [0.1, 0.15) is 29.1 Å². The molecule has 34 heavy (non-hydrogen) atoms. The number of nitrogens with two attached hydrogens (primary N) is 1. The third-order valence-corrected chi connectivity index (χ3v) is 7.06. The van der Waals surface area contributed by atoms with Crippen molar-refractivity contribution in [3.8, 4) is 23.0 Å². The van der Waals surface area contributed by atoms with Crippen molar-refractivity contribution < 1.29 is 34.3 Å². The van der Waals surface area contributed by atoms with E-state index in [2.05, 4.69) is 0 Å². The minimum atomic E-state index is -2.13. The number of aromatic hydroxyl groups is 1. The molecule has 8 heteroatoms. The average Bonchev–Trinajstić information content (AvgIpc) is 3.22. The van der Waals surface area contributed by atoms with Crippen molar-refractivity contribution in [2.24, 2.45) is 11.7 Å². The van der Waals surface area contributed by atoms with Crippen LogP contribution in [-0.2, 0) is 16.0 Å². The van der Waals surface area contributed by atoms with Gasteiger partial charge >= 0.3 is 0 Å². The van der Waals surface area contributed by atoms with E-state index >= 15 is 0 Å². The van der Waals surface area contributed by atoms with Crippen molar-refractivity contribution in [2.45, 2.75) is 23.2 Å². The van der Waals surface area contributed by atoms with Crippen LogP contribution < -0.4 is 19.9 Å². The average molecular weight is 463 g/mol. The first-order chi connectivity index (χ1) is 16.3.